The van der Waals surface area contributed by atoms with Gasteiger partial charge in [0.25, 0.3) is 5.91 Å². The first-order valence-corrected chi connectivity index (χ1v) is 11.4. The van der Waals surface area contributed by atoms with Gasteiger partial charge in [-0.1, -0.05) is 55.0 Å². The predicted molar refractivity (Wildman–Crippen MR) is 98.5 cm³/mol. The predicted octanol–water partition coefficient (Wildman–Crippen LogP) is 4.96. The van der Waals surface area contributed by atoms with E-state index < -0.39 is 0 Å². The van der Waals surface area contributed by atoms with E-state index in [9.17, 15) is 4.79 Å². The molecule has 24 heavy (non-hydrogen) atoms. The van der Waals surface area contributed by atoms with Crippen molar-refractivity contribution in [2.24, 2.45) is 4.99 Å². The number of rotatable bonds is 4. The van der Waals surface area contributed by atoms with Gasteiger partial charge in [0.05, 0.1) is 0 Å². The Labute approximate surface area is 159 Å². The van der Waals surface area contributed by atoms with Crippen LogP contribution < -0.4 is 5.32 Å². The molecule has 0 aliphatic rings. The number of benzene rings is 2. The third-order valence-corrected chi connectivity index (χ3v) is 3.09. The summed E-state index contributed by atoms with van der Waals surface area (Å²) in [5.74, 6) is 0.497. The third kappa shape index (κ3) is 7.59. The summed E-state index contributed by atoms with van der Waals surface area (Å²) in [5, 5.41) is 2.91. The van der Waals surface area contributed by atoms with Crippen LogP contribution in [0.1, 0.15) is 34.8 Å². The summed E-state index contributed by atoms with van der Waals surface area (Å²) >= 11 is -0.106. The van der Waals surface area contributed by atoms with Crippen LogP contribution in [0, 0.1) is 6.92 Å². The van der Waals surface area contributed by atoms with Gasteiger partial charge in [0.2, 0.25) is 0 Å². The number of carbonyl (C=O) groups is 1. The number of nitrogens with one attached hydrogen (secondary N) is 1. The van der Waals surface area contributed by atoms with Gasteiger partial charge < -0.3 is 5.32 Å². The Morgan fingerprint density at radius 1 is 1.04 bits per heavy atom. The SMILES string of the molecule is CCCN=C(NC(=O)c1ccc(C)cc1)c1ccccc1.[Cl][Pd][Cl]. The van der Waals surface area contributed by atoms with E-state index >= 15 is 0 Å². The van der Waals surface area contributed by atoms with Gasteiger partial charge in [0, 0.05) is 17.7 Å². The van der Waals surface area contributed by atoms with Gasteiger partial charge >= 0.3 is 35.0 Å². The van der Waals surface area contributed by atoms with E-state index in [1.54, 1.807) is 0 Å². The zero-order valence-corrected chi connectivity index (χ0v) is 16.6. The zero-order chi connectivity index (χ0) is 17.8. The van der Waals surface area contributed by atoms with Crippen LogP contribution in [-0.2, 0) is 15.9 Å². The van der Waals surface area contributed by atoms with Crippen LogP contribution in [0.3, 0.4) is 0 Å². The molecule has 0 atom stereocenters. The third-order valence-electron chi connectivity index (χ3n) is 3.09. The molecule has 132 valence electrons. The number of halogens is 2. The van der Waals surface area contributed by atoms with Gasteiger partial charge in [-0.2, -0.15) is 0 Å². The number of hydrogen-bond donors (Lipinski definition) is 1. The van der Waals surface area contributed by atoms with Crippen LogP contribution in [0.15, 0.2) is 59.6 Å². The summed E-state index contributed by atoms with van der Waals surface area (Å²) in [6.45, 7) is 4.76. The van der Waals surface area contributed by atoms with Crippen molar-refractivity contribution in [1.82, 2.24) is 5.32 Å². The van der Waals surface area contributed by atoms with E-state index in [1.165, 1.54) is 0 Å². The van der Waals surface area contributed by atoms with Crippen molar-refractivity contribution in [2.45, 2.75) is 20.3 Å². The Bertz CT molecular complexity index is 646. The van der Waals surface area contributed by atoms with Crippen LogP contribution in [0.2, 0.25) is 0 Å². The Hall–Kier alpha value is -1.18. The number of carbonyl (C=O) groups excluding carboxylic acids is 1. The average Bonchev–Trinajstić information content (AvgIpc) is 2.60. The molecule has 0 aliphatic heterocycles. The van der Waals surface area contributed by atoms with Crippen molar-refractivity contribution in [3.63, 3.8) is 0 Å². The maximum atomic E-state index is 12.3. The second kappa shape index (κ2) is 12.2. The monoisotopic (exact) mass is 456 g/mol. The van der Waals surface area contributed by atoms with E-state index in [0.717, 1.165) is 17.5 Å². The molecule has 0 bridgehead atoms. The van der Waals surface area contributed by atoms with Gasteiger partial charge in [0.15, 0.2) is 0 Å². The van der Waals surface area contributed by atoms with Crippen molar-refractivity contribution in [3.8, 4) is 0 Å². The van der Waals surface area contributed by atoms with Gasteiger partial charge in [-0.25, -0.2) is 0 Å². The normalized spacial score (nSPS) is 10.8. The number of aryl methyl sites for hydroxylation is 1. The first-order chi connectivity index (χ1) is 11.6. The molecular weight excluding hydrogens is 438 g/mol. The molecule has 0 aliphatic carbocycles. The van der Waals surface area contributed by atoms with E-state index in [0.29, 0.717) is 17.9 Å². The number of hydrogen-bond acceptors (Lipinski definition) is 2. The number of nitrogens with zero attached hydrogens (tertiary/aromatic N) is 1. The van der Waals surface area contributed by atoms with Gasteiger partial charge in [-0.3, -0.25) is 9.79 Å². The van der Waals surface area contributed by atoms with E-state index in [-0.39, 0.29) is 21.8 Å². The van der Waals surface area contributed by atoms with Crippen LogP contribution in [-0.4, -0.2) is 18.3 Å². The maximum absolute atomic E-state index is 12.3. The molecule has 1 N–H and O–H groups in total. The standard InChI is InChI=1S/C18H20N2O.2ClH.Pd/c1-3-13-19-17(15-7-5-4-6-8-15)20-18(21)16-11-9-14(2)10-12-16;;;/h4-12H,3,13H2,1-2H3,(H,19,20,21);2*1H;/q;;;+2/p-2. The minimum absolute atomic E-state index is 0.106. The summed E-state index contributed by atoms with van der Waals surface area (Å²) in [6, 6.07) is 17.2. The summed E-state index contributed by atoms with van der Waals surface area (Å²) in [4.78, 5) is 16.8. The number of aliphatic imine (C=N–C) groups is 1. The molecule has 2 rings (SSSR count). The second-order valence-corrected chi connectivity index (χ2v) is 7.32. The first kappa shape index (κ1) is 20.9. The number of amides is 1. The molecule has 0 saturated carbocycles. The van der Waals surface area contributed by atoms with Gasteiger partial charge in [-0.05, 0) is 25.5 Å². The van der Waals surface area contributed by atoms with Crippen LogP contribution in [0.25, 0.3) is 0 Å². The summed E-state index contributed by atoms with van der Waals surface area (Å²) < 4.78 is 0. The second-order valence-electron chi connectivity index (χ2n) is 4.96. The van der Waals surface area contributed by atoms with Gasteiger partial charge in [0.1, 0.15) is 5.84 Å². The molecule has 0 radical (unpaired) electrons. The molecule has 2 aromatic rings. The fraction of sp³-hybridized carbons (Fsp3) is 0.222. The van der Waals surface area contributed by atoms with Crippen LogP contribution in [0.4, 0.5) is 0 Å². The van der Waals surface area contributed by atoms with E-state index in [1.807, 2.05) is 61.5 Å². The van der Waals surface area contributed by atoms with Crippen LogP contribution >= 0.6 is 19.1 Å². The first-order valence-electron chi connectivity index (χ1n) is 7.42. The van der Waals surface area contributed by atoms with E-state index in [2.05, 4.69) is 17.2 Å². The quantitative estimate of drug-likeness (QED) is 0.394. The molecular formula is C18H20Cl2N2OPd. The molecule has 0 saturated heterocycles. The molecule has 3 nitrogen and oxygen atoms in total. The average molecular weight is 458 g/mol. The van der Waals surface area contributed by atoms with Crippen molar-refractivity contribution >= 4 is 30.8 Å². The van der Waals surface area contributed by atoms with Gasteiger partial charge in [-0.15, -0.1) is 0 Å². The Morgan fingerprint density at radius 2 is 1.62 bits per heavy atom. The summed E-state index contributed by atoms with van der Waals surface area (Å²) in [5.41, 5.74) is 2.70. The fourth-order valence-electron chi connectivity index (χ4n) is 1.91. The molecule has 0 aromatic heterocycles. The minimum atomic E-state index is -0.131. The topological polar surface area (TPSA) is 41.5 Å². The van der Waals surface area contributed by atoms with Crippen molar-refractivity contribution < 1.29 is 20.7 Å². The number of amidine groups is 1. The Kier molecular flexibility index (Phi) is 10.6. The van der Waals surface area contributed by atoms with E-state index in [4.69, 9.17) is 19.1 Å². The Morgan fingerprint density at radius 3 is 2.17 bits per heavy atom. The zero-order valence-electron chi connectivity index (χ0n) is 13.5. The molecule has 0 spiro atoms. The summed E-state index contributed by atoms with van der Waals surface area (Å²) in [7, 11) is 9.63. The molecule has 1 amide bonds. The molecule has 2 aromatic carbocycles. The molecule has 0 fully saturated rings. The molecule has 0 heterocycles. The molecule has 6 heteroatoms. The van der Waals surface area contributed by atoms with Crippen molar-refractivity contribution in [2.75, 3.05) is 6.54 Å². The van der Waals surface area contributed by atoms with Crippen molar-refractivity contribution in [1.29, 1.82) is 0 Å². The summed E-state index contributed by atoms with van der Waals surface area (Å²) in [6.07, 6.45) is 0.941. The Balaban J connectivity index is 0.000000891. The molecule has 0 unspecified atom stereocenters. The fourth-order valence-corrected chi connectivity index (χ4v) is 1.91. The van der Waals surface area contributed by atoms with Crippen molar-refractivity contribution in [3.05, 3.63) is 71.3 Å². The van der Waals surface area contributed by atoms with Crippen LogP contribution in [0.5, 0.6) is 0 Å².